The summed E-state index contributed by atoms with van der Waals surface area (Å²) in [7, 11) is -2.42. The van der Waals surface area contributed by atoms with Gasteiger partial charge in [0.15, 0.2) is 0 Å². The number of ether oxygens (including phenoxy) is 1. The Balaban J connectivity index is 0.00000289. The summed E-state index contributed by atoms with van der Waals surface area (Å²) < 4.78 is 37.1. The van der Waals surface area contributed by atoms with Crippen molar-refractivity contribution in [2.75, 3.05) is 49.0 Å². The molecular weight excluding hydrogens is 479 g/mol. The molecule has 0 saturated carbocycles. The molecule has 2 heterocycles. The predicted octanol–water partition coefficient (Wildman–Crippen LogP) is 1.22. The molecule has 185 valence electrons. The number of carbonyl (C=O) groups excluding carboxylic acids is 1. The summed E-state index contributed by atoms with van der Waals surface area (Å²) in [5.74, 6) is 0. The van der Waals surface area contributed by atoms with Crippen LogP contribution in [-0.4, -0.2) is 98.1 Å². The molecule has 2 aliphatic carbocycles. The average molecular weight is 512 g/mol. The summed E-state index contributed by atoms with van der Waals surface area (Å²) in [5.41, 5.74) is 6.10. The molecule has 35 heavy (non-hydrogen) atoms. The largest absolute Gasteiger partial charge is 0.379 e. The van der Waals surface area contributed by atoms with Crippen molar-refractivity contribution < 1.29 is 17.9 Å². The van der Waals surface area contributed by atoms with Gasteiger partial charge in [-0.3, -0.25) is 9.58 Å². The molecule has 0 spiro atoms. The van der Waals surface area contributed by atoms with Crippen molar-refractivity contribution in [2.24, 2.45) is 7.05 Å². The van der Waals surface area contributed by atoms with Gasteiger partial charge in [0.25, 0.3) is 0 Å². The molecule has 2 amide bonds. The van der Waals surface area contributed by atoms with Gasteiger partial charge in [-0.15, -0.1) is 0 Å². The van der Waals surface area contributed by atoms with Crippen LogP contribution < -0.4 is 14.3 Å². The number of morpholine rings is 1. The molecule has 1 aromatic carbocycles. The van der Waals surface area contributed by atoms with E-state index in [4.69, 9.17) is 4.74 Å². The van der Waals surface area contributed by atoms with Crippen molar-refractivity contribution in [3.8, 4) is 0 Å². The van der Waals surface area contributed by atoms with Gasteiger partial charge in [0, 0.05) is 74.7 Å². The zero-order chi connectivity index (χ0) is 23.7. The van der Waals surface area contributed by atoms with E-state index >= 15 is 0 Å². The minimum absolute atomic E-state index is 0. The third kappa shape index (κ3) is 5.86. The maximum Gasteiger partial charge on any atom is 0.334 e. The van der Waals surface area contributed by atoms with Crippen LogP contribution in [-0.2, 0) is 47.7 Å². The number of aromatic nitrogens is 2. The Morgan fingerprint density at radius 3 is 2.37 bits per heavy atom. The SMILES string of the molecule is Cn1cc(N(CCN2CCOCC2)S(=O)(=O)NC(=O)Nc2c3c(cc4c2CCC4)CCC3)cn1.[Na]. The number of nitrogens with one attached hydrogen (secondary N) is 2. The van der Waals surface area contributed by atoms with Gasteiger partial charge in [0.1, 0.15) is 0 Å². The van der Waals surface area contributed by atoms with Crippen molar-refractivity contribution in [2.45, 2.75) is 38.5 Å². The number of aryl methyl sites for hydroxylation is 3. The van der Waals surface area contributed by atoms with Crippen LogP contribution in [0.2, 0.25) is 0 Å². The van der Waals surface area contributed by atoms with Gasteiger partial charge in [-0.25, -0.2) is 13.8 Å². The van der Waals surface area contributed by atoms with E-state index in [-0.39, 0.29) is 36.1 Å². The molecule has 0 bridgehead atoms. The molecule has 1 aliphatic heterocycles. The fourth-order valence-corrected chi connectivity index (χ4v) is 6.35. The van der Waals surface area contributed by atoms with Crippen LogP contribution in [0.1, 0.15) is 35.1 Å². The number of hydrogen-bond donors (Lipinski definition) is 2. The van der Waals surface area contributed by atoms with Gasteiger partial charge < -0.3 is 10.1 Å². The summed E-state index contributed by atoms with van der Waals surface area (Å²) in [6.45, 7) is 3.49. The first-order chi connectivity index (χ1) is 16.4. The average Bonchev–Trinajstić information content (AvgIpc) is 3.55. The van der Waals surface area contributed by atoms with E-state index in [0.717, 1.165) is 68.4 Å². The van der Waals surface area contributed by atoms with Gasteiger partial charge in [0.05, 0.1) is 25.1 Å². The Hall–Kier alpha value is -1.63. The first-order valence-corrected chi connectivity index (χ1v) is 13.4. The number of carbonyl (C=O) groups is 1. The Morgan fingerprint density at radius 2 is 1.77 bits per heavy atom. The molecule has 10 nitrogen and oxygen atoms in total. The normalized spacial score (nSPS) is 17.4. The minimum atomic E-state index is -4.15. The molecule has 12 heteroatoms. The molecule has 2 aromatic rings. The Morgan fingerprint density at radius 1 is 1.11 bits per heavy atom. The number of amides is 2. The smallest absolute Gasteiger partial charge is 0.334 e. The van der Waals surface area contributed by atoms with Crippen LogP contribution in [0.15, 0.2) is 18.5 Å². The molecule has 2 N–H and O–H groups in total. The Kier molecular flexibility index (Phi) is 8.45. The summed E-state index contributed by atoms with van der Waals surface area (Å²) >= 11 is 0. The summed E-state index contributed by atoms with van der Waals surface area (Å²) in [6, 6.07) is 1.55. The second kappa shape index (κ2) is 11.2. The molecule has 0 unspecified atom stereocenters. The molecule has 1 saturated heterocycles. The summed E-state index contributed by atoms with van der Waals surface area (Å²) in [4.78, 5) is 15.2. The van der Waals surface area contributed by atoms with E-state index < -0.39 is 16.2 Å². The van der Waals surface area contributed by atoms with E-state index in [2.05, 4.69) is 26.1 Å². The second-order valence-electron chi connectivity index (χ2n) is 9.19. The van der Waals surface area contributed by atoms with E-state index in [1.165, 1.54) is 21.6 Å². The minimum Gasteiger partial charge on any atom is -0.379 e. The van der Waals surface area contributed by atoms with Crippen molar-refractivity contribution in [1.29, 1.82) is 0 Å². The molecule has 5 rings (SSSR count). The molecule has 1 fully saturated rings. The van der Waals surface area contributed by atoms with E-state index in [9.17, 15) is 13.2 Å². The van der Waals surface area contributed by atoms with E-state index in [1.807, 2.05) is 0 Å². The summed E-state index contributed by atoms with van der Waals surface area (Å²) in [5, 5.41) is 7.03. The number of nitrogens with zero attached hydrogens (tertiary/aromatic N) is 4. The van der Waals surface area contributed by atoms with Crippen LogP contribution in [0.3, 0.4) is 0 Å². The molecular formula is C23H32N6NaO4S. The van der Waals surface area contributed by atoms with Gasteiger partial charge in [0.2, 0.25) is 0 Å². The molecule has 0 atom stereocenters. The van der Waals surface area contributed by atoms with Gasteiger partial charge in [-0.2, -0.15) is 13.5 Å². The maximum atomic E-state index is 13.4. The fraction of sp³-hybridized carbons (Fsp3) is 0.565. The van der Waals surface area contributed by atoms with Crippen LogP contribution in [0.5, 0.6) is 0 Å². The number of anilines is 2. The van der Waals surface area contributed by atoms with E-state index in [1.54, 1.807) is 17.9 Å². The third-order valence-electron chi connectivity index (χ3n) is 6.93. The quantitative estimate of drug-likeness (QED) is 0.542. The van der Waals surface area contributed by atoms with Crippen LogP contribution in [0.4, 0.5) is 16.2 Å². The van der Waals surface area contributed by atoms with Crippen LogP contribution >= 0.6 is 0 Å². The maximum absolute atomic E-state index is 13.4. The van der Waals surface area contributed by atoms with Crippen molar-refractivity contribution in [3.05, 3.63) is 40.7 Å². The number of benzene rings is 1. The fourth-order valence-electron chi connectivity index (χ4n) is 5.26. The monoisotopic (exact) mass is 511 g/mol. The zero-order valence-electron chi connectivity index (χ0n) is 20.5. The Bertz CT molecular complexity index is 1150. The van der Waals surface area contributed by atoms with Crippen LogP contribution in [0.25, 0.3) is 0 Å². The van der Waals surface area contributed by atoms with Gasteiger partial charge >= 0.3 is 16.2 Å². The third-order valence-corrected chi connectivity index (χ3v) is 8.34. The number of fused-ring (bicyclic) bond motifs is 2. The standard InChI is InChI=1S/C23H32N6O4S.Na/c1-27-16-19(15-24-27)29(9-8-28-10-12-33-13-11-28)34(31,32)26-23(30)25-22-20-6-2-4-17(20)14-18-5-3-7-21(18)22;/h14-16H,2-13H2,1H3,(H2,25,26,30);. The zero-order valence-corrected chi connectivity index (χ0v) is 23.4. The van der Waals surface area contributed by atoms with Crippen molar-refractivity contribution in [3.63, 3.8) is 0 Å². The Labute approximate surface area is 228 Å². The van der Waals surface area contributed by atoms with Crippen molar-refractivity contribution in [1.82, 2.24) is 19.4 Å². The molecule has 1 radical (unpaired) electrons. The van der Waals surface area contributed by atoms with Gasteiger partial charge in [-0.05, 0) is 60.8 Å². The second-order valence-corrected chi connectivity index (χ2v) is 10.8. The number of urea groups is 1. The summed E-state index contributed by atoms with van der Waals surface area (Å²) in [6.07, 6.45) is 9.08. The molecule has 3 aliphatic rings. The molecule has 1 aromatic heterocycles. The topological polar surface area (TPSA) is 109 Å². The van der Waals surface area contributed by atoms with Crippen molar-refractivity contribution >= 4 is 57.2 Å². The van der Waals surface area contributed by atoms with Gasteiger partial charge in [-0.1, -0.05) is 6.07 Å². The predicted molar refractivity (Wildman–Crippen MR) is 135 cm³/mol. The van der Waals surface area contributed by atoms with E-state index in [0.29, 0.717) is 25.4 Å². The first-order valence-electron chi connectivity index (χ1n) is 12.0. The number of rotatable bonds is 7. The first kappa shape index (κ1) is 26.4. The number of hydrogen-bond acceptors (Lipinski definition) is 6. The van der Waals surface area contributed by atoms with Crippen LogP contribution in [0, 0.1) is 0 Å².